The number of nitrogens with zero attached hydrogens (tertiary/aromatic N) is 2. The van der Waals surface area contributed by atoms with E-state index in [2.05, 4.69) is 20.9 Å². The van der Waals surface area contributed by atoms with Gasteiger partial charge in [0.05, 0.1) is 18.1 Å². The van der Waals surface area contributed by atoms with Gasteiger partial charge in [0.15, 0.2) is 0 Å². The molecule has 3 aromatic rings. The molecule has 6 heteroatoms. The van der Waals surface area contributed by atoms with Crippen molar-refractivity contribution in [1.29, 1.82) is 0 Å². The van der Waals surface area contributed by atoms with Crippen LogP contribution in [0.4, 0.5) is 0 Å². The number of benzene rings is 1. The molecular weight excluding hydrogens is 332 g/mol. The van der Waals surface area contributed by atoms with Crippen LogP contribution in [0.15, 0.2) is 35.1 Å². The zero-order chi connectivity index (χ0) is 13.6. The van der Waals surface area contributed by atoms with Crippen LogP contribution in [-0.4, -0.2) is 22.1 Å². The molecule has 96 valence electrons. The molecule has 2 aromatic heterocycles. The summed E-state index contributed by atoms with van der Waals surface area (Å²) in [4.78, 5) is 15.9. The second-order valence-electron chi connectivity index (χ2n) is 4.02. The van der Waals surface area contributed by atoms with E-state index >= 15 is 0 Å². The van der Waals surface area contributed by atoms with Gasteiger partial charge in [0.2, 0.25) is 0 Å². The highest BCUT2D eigenvalue weighted by Crippen LogP contribution is 2.33. The summed E-state index contributed by atoms with van der Waals surface area (Å²) in [7, 11) is 1.33. The van der Waals surface area contributed by atoms with Crippen LogP contribution in [0.3, 0.4) is 0 Å². The molecule has 2 heterocycles. The number of carbonyl (C=O) groups is 1. The lowest BCUT2D eigenvalue weighted by molar-refractivity contribution is 0.0602. The maximum absolute atomic E-state index is 11.8. The van der Waals surface area contributed by atoms with Gasteiger partial charge in [-0.25, -0.2) is 4.79 Å². The molecule has 0 saturated heterocycles. The van der Waals surface area contributed by atoms with Gasteiger partial charge in [-0.1, -0.05) is 22.0 Å². The summed E-state index contributed by atoms with van der Waals surface area (Å²) in [6, 6.07) is 5.75. The molecular formula is C13H8BrClN2O2. The topological polar surface area (TPSA) is 44.1 Å². The molecule has 0 amide bonds. The van der Waals surface area contributed by atoms with E-state index in [1.54, 1.807) is 6.20 Å². The van der Waals surface area contributed by atoms with Crippen molar-refractivity contribution in [3.05, 3.63) is 40.6 Å². The smallest absolute Gasteiger partial charge is 0.341 e. The van der Waals surface area contributed by atoms with Crippen LogP contribution in [0.5, 0.6) is 0 Å². The molecule has 0 N–H and O–H groups in total. The van der Waals surface area contributed by atoms with Gasteiger partial charge in [-0.3, -0.25) is 9.07 Å². The lowest BCUT2D eigenvalue weighted by Crippen LogP contribution is -2.03. The van der Waals surface area contributed by atoms with E-state index in [4.69, 9.17) is 16.5 Å². The van der Waals surface area contributed by atoms with Crippen molar-refractivity contribution < 1.29 is 9.53 Å². The molecule has 3 rings (SSSR count). The Kier molecular flexibility index (Phi) is 2.95. The molecule has 0 saturated carbocycles. The fraction of sp³-hybridized carbons (Fsp3) is 0.0769. The number of methoxy groups -OCH3 is 1. The summed E-state index contributed by atoms with van der Waals surface area (Å²) >= 11 is 9.73. The number of ether oxygens (including phenoxy) is 1. The number of aromatic nitrogens is 2. The number of carbonyl (C=O) groups excluding carboxylic acids is 1. The van der Waals surface area contributed by atoms with Crippen LogP contribution in [0, 0.1) is 0 Å². The van der Waals surface area contributed by atoms with E-state index in [0.717, 1.165) is 20.8 Å². The Balaban J connectivity index is 2.50. The Bertz CT molecular complexity index is 813. The highest BCUT2D eigenvalue weighted by atomic mass is 79.9. The number of esters is 1. The van der Waals surface area contributed by atoms with E-state index in [9.17, 15) is 4.79 Å². The molecule has 0 aliphatic carbocycles. The van der Waals surface area contributed by atoms with Crippen molar-refractivity contribution in [2.75, 3.05) is 7.11 Å². The number of fused-ring (bicyclic) bond motifs is 3. The van der Waals surface area contributed by atoms with Crippen LogP contribution in [-0.2, 0) is 4.74 Å². The zero-order valence-corrected chi connectivity index (χ0v) is 12.2. The van der Waals surface area contributed by atoms with Crippen molar-refractivity contribution in [1.82, 2.24) is 9.07 Å². The molecule has 0 aliphatic rings. The maximum Gasteiger partial charge on any atom is 0.341 e. The molecule has 0 spiro atoms. The standard InChI is InChI=1S/C13H8BrClN2O2/c1-19-13(18)10-6-16-5-9-8-3-2-7(14)4-11(8)17(15)12(9)10/h2-6H,1H3. The predicted octanol–water partition coefficient (Wildman–Crippen LogP) is 3.74. The predicted molar refractivity (Wildman–Crippen MR) is 77.5 cm³/mol. The summed E-state index contributed by atoms with van der Waals surface area (Å²) < 4.78 is 7.13. The first-order valence-corrected chi connectivity index (χ1v) is 6.58. The minimum Gasteiger partial charge on any atom is -0.465 e. The molecule has 0 fully saturated rings. The molecule has 0 unspecified atom stereocenters. The molecule has 1 aromatic carbocycles. The first-order valence-electron chi connectivity index (χ1n) is 5.45. The fourth-order valence-corrected chi connectivity index (χ4v) is 2.81. The van der Waals surface area contributed by atoms with Gasteiger partial charge in [0.25, 0.3) is 0 Å². The summed E-state index contributed by atoms with van der Waals surface area (Å²) in [6.07, 6.45) is 3.15. The molecule has 19 heavy (non-hydrogen) atoms. The van der Waals surface area contributed by atoms with Gasteiger partial charge in [0.1, 0.15) is 5.56 Å². The second kappa shape index (κ2) is 4.51. The summed E-state index contributed by atoms with van der Waals surface area (Å²) in [5.74, 6) is -0.457. The first kappa shape index (κ1) is 12.4. The fourth-order valence-electron chi connectivity index (χ4n) is 2.14. The van der Waals surface area contributed by atoms with Gasteiger partial charge >= 0.3 is 5.97 Å². The third-order valence-electron chi connectivity index (χ3n) is 2.98. The third kappa shape index (κ3) is 1.81. The normalized spacial score (nSPS) is 11.1. The lowest BCUT2D eigenvalue weighted by atomic mass is 10.1. The monoisotopic (exact) mass is 338 g/mol. The molecule has 4 nitrogen and oxygen atoms in total. The van der Waals surface area contributed by atoms with Crippen molar-refractivity contribution in [3.63, 3.8) is 0 Å². The average molecular weight is 340 g/mol. The number of hydrogen-bond acceptors (Lipinski definition) is 3. The Morgan fingerprint density at radius 1 is 1.37 bits per heavy atom. The SMILES string of the molecule is COC(=O)c1cncc2c3ccc(Br)cc3n(Cl)c12. The Morgan fingerprint density at radius 3 is 2.89 bits per heavy atom. The maximum atomic E-state index is 11.8. The van der Waals surface area contributed by atoms with Crippen LogP contribution in [0.1, 0.15) is 10.4 Å². The Hall–Kier alpha value is -1.59. The minimum atomic E-state index is -0.457. The first-order chi connectivity index (χ1) is 9.13. The number of hydrogen-bond donors (Lipinski definition) is 0. The third-order valence-corrected chi connectivity index (χ3v) is 3.82. The Labute approximate surface area is 122 Å². The Morgan fingerprint density at radius 2 is 2.16 bits per heavy atom. The zero-order valence-electron chi connectivity index (χ0n) is 9.85. The quantitative estimate of drug-likeness (QED) is 0.634. The van der Waals surface area contributed by atoms with Crippen molar-refractivity contribution in [2.45, 2.75) is 0 Å². The number of halogens is 2. The van der Waals surface area contributed by atoms with E-state index in [-0.39, 0.29) is 0 Å². The van der Waals surface area contributed by atoms with E-state index in [0.29, 0.717) is 11.1 Å². The lowest BCUT2D eigenvalue weighted by Gasteiger charge is -2.01. The largest absolute Gasteiger partial charge is 0.465 e. The van der Waals surface area contributed by atoms with Crippen molar-refractivity contribution in [3.8, 4) is 0 Å². The van der Waals surface area contributed by atoms with Gasteiger partial charge in [0, 0.05) is 39.4 Å². The van der Waals surface area contributed by atoms with Gasteiger partial charge in [-0.2, -0.15) is 0 Å². The average Bonchev–Trinajstić information content (AvgIpc) is 2.71. The van der Waals surface area contributed by atoms with Crippen LogP contribution in [0.25, 0.3) is 21.8 Å². The van der Waals surface area contributed by atoms with Crippen molar-refractivity contribution in [2.24, 2.45) is 0 Å². The van der Waals surface area contributed by atoms with E-state index in [1.165, 1.54) is 17.4 Å². The van der Waals surface area contributed by atoms with Crippen molar-refractivity contribution >= 4 is 55.5 Å². The summed E-state index contributed by atoms with van der Waals surface area (Å²) in [5.41, 5.74) is 1.77. The highest BCUT2D eigenvalue weighted by Gasteiger charge is 2.18. The van der Waals surface area contributed by atoms with E-state index in [1.807, 2.05) is 18.2 Å². The summed E-state index contributed by atoms with van der Waals surface area (Å²) in [5, 5.41) is 1.76. The molecule has 0 atom stereocenters. The number of pyridine rings is 1. The number of rotatable bonds is 1. The van der Waals surface area contributed by atoms with E-state index < -0.39 is 5.97 Å². The van der Waals surface area contributed by atoms with Crippen LogP contribution in [0.2, 0.25) is 0 Å². The van der Waals surface area contributed by atoms with Gasteiger partial charge in [-0.05, 0) is 12.1 Å². The summed E-state index contributed by atoms with van der Waals surface area (Å²) in [6.45, 7) is 0. The molecule has 0 bridgehead atoms. The highest BCUT2D eigenvalue weighted by molar-refractivity contribution is 9.10. The van der Waals surface area contributed by atoms with Gasteiger partial charge in [-0.15, -0.1) is 0 Å². The van der Waals surface area contributed by atoms with Crippen LogP contribution >= 0.6 is 27.7 Å². The van der Waals surface area contributed by atoms with Crippen LogP contribution < -0.4 is 0 Å². The molecule has 0 aliphatic heterocycles. The second-order valence-corrected chi connectivity index (χ2v) is 5.27. The minimum absolute atomic E-state index is 0.349. The van der Waals surface area contributed by atoms with Gasteiger partial charge < -0.3 is 4.74 Å². The molecule has 0 radical (unpaired) electrons.